The Morgan fingerprint density at radius 2 is 1.72 bits per heavy atom. The summed E-state index contributed by atoms with van der Waals surface area (Å²) in [7, 11) is 0. The molecule has 0 amide bonds. The Kier molecular flexibility index (Phi) is 6.32. The number of anilines is 1. The second-order valence-electron chi connectivity index (χ2n) is 6.85. The van der Waals surface area contributed by atoms with Gasteiger partial charge in [-0.25, -0.2) is 4.98 Å². The maximum atomic E-state index is 4.79. The number of hydrogen-bond acceptors (Lipinski definition) is 6. The Morgan fingerprint density at radius 1 is 0.931 bits per heavy atom. The van der Waals surface area contributed by atoms with E-state index in [9.17, 15) is 0 Å². The molecule has 4 rings (SSSR count). The van der Waals surface area contributed by atoms with Crippen molar-refractivity contribution in [2.75, 3.05) is 11.9 Å². The van der Waals surface area contributed by atoms with Crippen LogP contribution in [0.2, 0.25) is 0 Å². The molecule has 0 spiro atoms. The summed E-state index contributed by atoms with van der Waals surface area (Å²) in [6.45, 7) is 5.24. The third kappa shape index (κ3) is 4.89. The maximum absolute atomic E-state index is 4.79. The van der Waals surface area contributed by atoms with E-state index in [0.717, 1.165) is 49.4 Å². The Balaban J connectivity index is 1.45. The van der Waals surface area contributed by atoms with Crippen molar-refractivity contribution < 1.29 is 0 Å². The second-order valence-corrected chi connectivity index (χ2v) is 8.89. The Morgan fingerprint density at radius 3 is 2.41 bits per heavy atom. The fourth-order valence-corrected chi connectivity index (χ4v) is 5.09. The lowest BCUT2D eigenvalue weighted by atomic mass is 10.1. The number of thiophene rings is 1. The number of nitrogens with one attached hydrogen (secondary N) is 1. The first kappa shape index (κ1) is 19.7. The van der Waals surface area contributed by atoms with Gasteiger partial charge in [0, 0.05) is 17.8 Å². The zero-order chi connectivity index (χ0) is 20.1. The molecule has 148 valence electrons. The minimum Gasteiger partial charge on any atom is -0.385 e. The molecule has 29 heavy (non-hydrogen) atoms. The summed E-state index contributed by atoms with van der Waals surface area (Å²) in [6, 6.07) is 18.9. The van der Waals surface area contributed by atoms with Gasteiger partial charge in [-0.15, -0.1) is 21.6 Å². The number of benzene rings is 2. The van der Waals surface area contributed by atoms with E-state index in [4.69, 9.17) is 4.98 Å². The first-order valence-corrected chi connectivity index (χ1v) is 11.6. The minimum absolute atomic E-state index is 0.886. The lowest BCUT2D eigenvalue weighted by molar-refractivity contribution is 0.795. The van der Waals surface area contributed by atoms with Crippen molar-refractivity contribution in [1.29, 1.82) is 0 Å². The standard InChI is InChI=1S/C23H24N4S2/c1-3-5-6-16-7-11-19(12-8-16)26-27-21-15-20-23(29-21)25-22(28-20)17-9-13-18(14-10-17)24-4-2/h7-15,24H,3-6H2,1-2H3. The molecular formula is C23H24N4S2. The largest absolute Gasteiger partial charge is 0.385 e. The molecule has 0 atom stereocenters. The van der Waals surface area contributed by atoms with Crippen LogP contribution in [0.25, 0.3) is 20.1 Å². The van der Waals surface area contributed by atoms with Crippen LogP contribution >= 0.6 is 22.7 Å². The molecule has 0 aliphatic carbocycles. The van der Waals surface area contributed by atoms with Gasteiger partial charge in [-0.3, -0.25) is 0 Å². The number of azo groups is 1. The minimum atomic E-state index is 0.886. The van der Waals surface area contributed by atoms with Gasteiger partial charge >= 0.3 is 0 Å². The summed E-state index contributed by atoms with van der Waals surface area (Å²) < 4.78 is 1.16. The predicted octanol–water partition coefficient (Wildman–Crippen LogP) is 8.21. The average molecular weight is 421 g/mol. The lowest BCUT2D eigenvalue weighted by Crippen LogP contribution is -1.95. The highest BCUT2D eigenvalue weighted by Gasteiger charge is 2.10. The molecule has 0 radical (unpaired) electrons. The van der Waals surface area contributed by atoms with E-state index in [0.29, 0.717) is 0 Å². The van der Waals surface area contributed by atoms with Crippen LogP contribution in [-0.4, -0.2) is 11.5 Å². The summed E-state index contributed by atoms with van der Waals surface area (Å²) in [4.78, 5) is 5.81. The van der Waals surface area contributed by atoms with Gasteiger partial charge in [-0.2, -0.15) is 0 Å². The van der Waals surface area contributed by atoms with Gasteiger partial charge in [0.05, 0.1) is 10.4 Å². The summed E-state index contributed by atoms with van der Waals surface area (Å²) in [5.74, 6) is 0. The average Bonchev–Trinajstić information content (AvgIpc) is 3.31. The molecule has 0 aliphatic rings. The number of thiazole rings is 1. The second kappa shape index (κ2) is 9.29. The maximum Gasteiger partial charge on any atom is 0.142 e. The van der Waals surface area contributed by atoms with Gasteiger partial charge in [0.2, 0.25) is 0 Å². The lowest BCUT2D eigenvalue weighted by Gasteiger charge is -2.03. The highest BCUT2D eigenvalue weighted by Crippen LogP contribution is 2.39. The number of rotatable bonds is 8. The molecule has 4 nitrogen and oxygen atoms in total. The van der Waals surface area contributed by atoms with Crippen LogP contribution in [0.5, 0.6) is 0 Å². The van der Waals surface area contributed by atoms with Crippen LogP contribution in [0.3, 0.4) is 0 Å². The Labute approximate surface area is 179 Å². The number of aromatic nitrogens is 1. The van der Waals surface area contributed by atoms with E-state index in [-0.39, 0.29) is 0 Å². The molecule has 0 fully saturated rings. The number of nitrogens with zero attached hydrogens (tertiary/aromatic N) is 3. The topological polar surface area (TPSA) is 49.6 Å². The molecule has 0 unspecified atom stereocenters. The van der Waals surface area contributed by atoms with Gasteiger partial charge in [-0.05, 0) is 67.8 Å². The van der Waals surface area contributed by atoms with Crippen LogP contribution in [0.15, 0.2) is 64.8 Å². The van der Waals surface area contributed by atoms with Crippen molar-refractivity contribution in [3.63, 3.8) is 0 Å². The summed E-state index contributed by atoms with van der Waals surface area (Å²) in [5.41, 5.74) is 4.52. The number of aryl methyl sites for hydroxylation is 1. The quantitative estimate of drug-likeness (QED) is 0.292. The molecule has 6 heteroatoms. The van der Waals surface area contributed by atoms with Crippen molar-refractivity contribution in [3.8, 4) is 10.6 Å². The highest BCUT2D eigenvalue weighted by atomic mass is 32.1. The van der Waals surface area contributed by atoms with Crippen molar-refractivity contribution in [3.05, 3.63) is 60.2 Å². The number of unbranched alkanes of at least 4 members (excludes halogenated alkanes) is 1. The summed E-state index contributed by atoms with van der Waals surface area (Å²) in [5, 5.41) is 14.1. The first-order valence-electron chi connectivity index (χ1n) is 10.0. The highest BCUT2D eigenvalue weighted by molar-refractivity contribution is 7.30. The van der Waals surface area contributed by atoms with E-state index < -0.39 is 0 Å². The molecule has 0 saturated heterocycles. The van der Waals surface area contributed by atoms with Gasteiger partial charge in [0.15, 0.2) is 0 Å². The van der Waals surface area contributed by atoms with Crippen molar-refractivity contribution in [1.82, 2.24) is 4.98 Å². The van der Waals surface area contributed by atoms with Crippen LogP contribution < -0.4 is 5.32 Å². The van der Waals surface area contributed by atoms with Gasteiger partial charge in [0.1, 0.15) is 14.8 Å². The zero-order valence-corrected chi connectivity index (χ0v) is 18.3. The summed E-state index contributed by atoms with van der Waals surface area (Å²) >= 11 is 3.28. The monoisotopic (exact) mass is 420 g/mol. The third-order valence-electron chi connectivity index (χ3n) is 4.61. The number of fused-ring (bicyclic) bond motifs is 1. The van der Waals surface area contributed by atoms with E-state index in [1.54, 1.807) is 22.7 Å². The summed E-state index contributed by atoms with van der Waals surface area (Å²) in [6.07, 6.45) is 3.57. The molecule has 2 aromatic heterocycles. The SMILES string of the molecule is CCCCc1ccc(N=Nc2cc3sc(-c4ccc(NCC)cc4)nc3s2)cc1. The smallest absolute Gasteiger partial charge is 0.142 e. The third-order valence-corrected chi connectivity index (χ3v) is 6.70. The predicted molar refractivity (Wildman–Crippen MR) is 126 cm³/mol. The van der Waals surface area contributed by atoms with E-state index in [1.165, 1.54) is 18.4 Å². The molecule has 2 heterocycles. The molecule has 0 aliphatic heterocycles. The van der Waals surface area contributed by atoms with Crippen molar-refractivity contribution in [2.45, 2.75) is 33.1 Å². The fourth-order valence-electron chi connectivity index (χ4n) is 3.05. The zero-order valence-electron chi connectivity index (χ0n) is 16.7. The van der Waals surface area contributed by atoms with Crippen molar-refractivity contribution >= 4 is 48.6 Å². The normalized spacial score (nSPS) is 11.5. The van der Waals surface area contributed by atoms with Gasteiger partial charge in [0.25, 0.3) is 0 Å². The Hall–Kier alpha value is -2.57. The van der Waals surface area contributed by atoms with Crippen LogP contribution in [-0.2, 0) is 6.42 Å². The molecule has 1 N–H and O–H groups in total. The Bertz CT molecular complexity index is 1060. The van der Waals surface area contributed by atoms with Gasteiger partial charge in [-0.1, -0.05) is 36.8 Å². The molecule has 0 saturated carbocycles. The molecule has 2 aromatic carbocycles. The van der Waals surface area contributed by atoms with E-state index in [1.807, 2.05) is 12.1 Å². The number of hydrogen-bond donors (Lipinski definition) is 1. The molecular weight excluding hydrogens is 396 g/mol. The van der Waals surface area contributed by atoms with Crippen LogP contribution in [0.1, 0.15) is 32.3 Å². The van der Waals surface area contributed by atoms with Crippen molar-refractivity contribution in [2.24, 2.45) is 10.2 Å². The van der Waals surface area contributed by atoms with Crippen LogP contribution in [0, 0.1) is 0 Å². The van der Waals surface area contributed by atoms with E-state index >= 15 is 0 Å². The fraction of sp³-hybridized carbons (Fsp3) is 0.261. The first-order chi connectivity index (χ1) is 14.2. The van der Waals surface area contributed by atoms with Gasteiger partial charge < -0.3 is 5.32 Å². The molecule has 0 bridgehead atoms. The van der Waals surface area contributed by atoms with Crippen LogP contribution in [0.4, 0.5) is 16.4 Å². The molecule has 4 aromatic rings. The van der Waals surface area contributed by atoms with E-state index in [2.05, 4.69) is 71.9 Å².